The minimum atomic E-state index is -0.504. The third kappa shape index (κ3) is 3.95. The van der Waals surface area contributed by atoms with E-state index < -0.39 is 11.7 Å². The molecule has 0 aliphatic carbocycles. The highest BCUT2D eigenvalue weighted by molar-refractivity contribution is 6.30. The second-order valence-corrected chi connectivity index (χ2v) is 4.90. The van der Waals surface area contributed by atoms with Gasteiger partial charge in [-0.25, -0.2) is 4.39 Å². The Kier molecular flexibility index (Phi) is 5.17. The molecule has 0 amide bonds. The standard InChI is InChI=1S/C16H15ClFNO2/c1-21-16(20)13(11-5-3-2-4-6-11)10-19-12-7-8-14(17)15(18)9-12/h2-9,13,19H,10H2,1H3. The summed E-state index contributed by atoms with van der Waals surface area (Å²) in [6, 6.07) is 13.7. The molecular weight excluding hydrogens is 293 g/mol. The van der Waals surface area contributed by atoms with E-state index in [0.717, 1.165) is 5.56 Å². The molecule has 0 aliphatic heterocycles. The number of nitrogens with one attached hydrogen (secondary N) is 1. The number of methoxy groups -OCH3 is 1. The number of anilines is 1. The van der Waals surface area contributed by atoms with E-state index in [4.69, 9.17) is 16.3 Å². The van der Waals surface area contributed by atoms with E-state index in [9.17, 15) is 9.18 Å². The molecule has 0 radical (unpaired) electrons. The first kappa shape index (κ1) is 15.3. The number of carbonyl (C=O) groups excluding carboxylic acids is 1. The fourth-order valence-corrected chi connectivity index (χ4v) is 2.11. The number of hydrogen-bond acceptors (Lipinski definition) is 3. The van der Waals surface area contributed by atoms with Crippen LogP contribution < -0.4 is 5.32 Å². The zero-order chi connectivity index (χ0) is 15.2. The van der Waals surface area contributed by atoms with Gasteiger partial charge in [-0.3, -0.25) is 4.79 Å². The van der Waals surface area contributed by atoms with Crippen molar-refractivity contribution in [3.63, 3.8) is 0 Å². The first-order chi connectivity index (χ1) is 10.1. The van der Waals surface area contributed by atoms with Crippen molar-refractivity contribution in [2.24, 2.45) is 0 Å². The van der Waals surface area contributed by atoms with Crippen LogP contribution in [-0.4, -0.2) is 19.6 Å². The van der Waals surface area contributed by atoms with Crippen LogP contribution in [-0.2, 0) is 9.53 Å². The van der Waals surface area contributed by atoms with E-state index in [2.05, 4.69) is 5.32 Å². The van der Waals surface area contributed by atoms with Crippen LogP contribution in [0.15, 0.2) is 48.5 Å². The minimum Gasteiger partial charge on any atom is -0.468 e. The summed E-state index contributed by atoms with van der Waals surface area (Å²) >= 11 is 5.64. The lowest BCUT2D eigenvalue weighted by molar-refractivity contribution is -0.142. The fourth-order valence-electron chi connectivity index (χ4n) is 1.99. The van der Waals surface area contributed by atoms with Crippen LogP contribution >= 0.6 is 11.6 Å². The molecule has 2 aromatic carbocycles. The molecular formula is C16H15ClFNO2. The van der Waals surface area contributed by atoms with E-state index in [-0.39, 0.29) is 11.0 Å². The highest BCUT2D eigenvalue weighted by Gasteiger charge is 2.21. The fraction of sp³-hybridized carbons (Fsp3) is 0.188. The second-order valence-electron chi connectivity index (χ2n) is 4.50. The van der Waals surface area contributed by atoms with Gasteiger partial charge in [0, 0.05) is 12.2 Å². The molecule has 0 spiro atoms. The van der Waals surface area contributed by atoms with Crippen molar-refractivity contribution >= 4 is 23.3 Å². The Morgan fingerprint density at radius 3 is 2.62 bits per heavy atom. The van der Waals surface area contributed by atoms with Gasteiger partial charge in [-0.1, -0.05) is 41.9 Å². The molecule has 1 unspecified atom stereocenters. The van der Waals surface area contributed by atoms with Crippen molar-refractivity contribution in [3.8, 4) is 0 Å². The van der Waals surface area contributed by atoms with Gasteiger partial charge in [0.05, 0.1) is 18.1 Å². The summed E-state index contributed by atoms with van der Waals surface area (Å²) in [6.45, 7) is 0.303. The number of halogens is 2. The maximum atomic E-state index is 13.4. The average molecular weight is 308 g/mol. The molecule has 0 fully saturated rings. The average Bonchev–Trinajstić information content (AvgIpc) is 2.51. The third-order valence-corrected chi connectivity index (χ3v) is 3.42. The molecule has 0 saturated heterocycles. The Hall–Kier alpha value is -2.07. The normalized spacial score (nSPS) is 11.8. The molecule has 0 aliphatic rings. The molecule has 110 valence electrons. The Bertz CT molecular complexity index is 619. The molecule has 2 rings (SSSR count). The summed E-state index contributed by atoms with van der Waals surface area (Å²) in [4.78, 5) is 11.9. The van der Waals surface area contributed by atoms with E-state index in [1.54, 1.807) is 6.07 Å². The molecule has 0 bridgehead atoms. The largest absolute Gasteiger partial charge is 0.468 e. The molecule has 3 nitrogen and oxygen atoms in total. The monoisotopic (exact) mass is 307 g/mol. The zero-order valence-electron chi connectivity index (χ0n) is 11.5. The molecule has 0 heterocycles. The topological polar surface area (TPSA) is 38.3 Å². The maximum Gasteiger partial charge on any atom is 0.314 e. The van der Waals surface area contributed by atoms with E-state index in [0.29, 0.717) is 12.2 Å². The predicted octanol–water partition coefficient (Wildman–Crippen LogP) is 3.85. The van der Waals surface area contributed by atoms with Crippen molar-refractivity contribution in [1.29, 1.82) is 0 Å². The Morgan fingerprint density at radius 2 is 2.00 bits per heavy atom. The van der Waals surface area contributed by atoms with Gasteiger partial charge in [-0.2, -0.15) is 0 Å². The molecule has 2 aromatic rings. The summed E-state index contributed by atoms with van der Waals surface area (Å²) in [5, 5.41) is 3.09. The van der Waals surface area contributed by atoms with E-state index in [1.807, 2.05) is 30.3 Å². The molecule has 0 aromatic heterocycles. The summed E-state index contributed by atoms with van der Waals surface area (Å²) in [6.07, 6.45) is 0. The van der Waals surface area contributed by atoms with Crippen LogP contribution in [0.3, 0.4) is 0 Å². The zero-order valence-corrected chi connectivity index (χ0v) is 12.2. The smallest absolute Gasteiger partial charge is 0.314 e. The molecule has 5 heteroatoms. The van der Waals surface area contributed by atoms with Crippen molar-refractivity contribution < 1.29 is 13.9 Å². The van der Waals surface area contributed by atoms with Crippen LogP contribution in [0.4, 0.5) is 10.1 Å². The van der Waals surface area contributed by atoms with Crippen LogP contribution in [0.2, 0.25) is 5.02 Å². The maximum absolute atomic E-state index is 13.4. The molecule has 1 N–H and O–H groups in total. The first-order valence-corrected chi connectivity index (χ1v) is 6.81. The predicted molar refractivity (Wildman–Crippen MR) is 81.1 cm³/mol. The highest BCUT2D eigenvalue weighted by atomic mass is 35.5. The Balaban J connectivity index is 2.12. The number of ether oxygens (including phenoxy) is 1. The SMILES string of the molecule is COC(=O)C(CNc1ccc(Cl)c(F)c1)c1ccccc1. The lowest BCUT2D eigenvalue weighted by atomic mass is 9.99. The minimum absolute atomic E-state index is 0.0631. The third-order valence-electron chi connectivity index (χ3n) is 3.12. The molecule has 1 atom stereocenters. The number of esters is 1. The second kappa shape index (κ2) is 7.09. The van der Waals surface area contributed by atoms with Crippen molar-refractivity contribution in [2.45, 2.75) is 5.92 Å². The number of rotatable bonds is 5. The summed E-state index contributed by atoms with van der Waals surface area (Å²) in [7, 11) is 1.35. The number of hydrogen-bond donors (Lipinski definition) is 1. The Labute approximate surface area is 127 Å². The number of benzene rings is 2. The molecule has 0 saturated carbocycles. The van der Waals surface area contributed by atoms with Gasteiger partial charge in [0.2, 0.25) is 0 Å². The van der Waals surface area contributed by atoms with Gasteiger partial charge in [-0.15, -0.1) is 0 Å². The van der Waals surface area contributed by atoms with E-state index >= 15 is 0 Å². The van der Waals surface area contributed by atoms with Crippen LogP contribution in [0.5, 0.6) is 0 Å². The highest BCUT2D eigenvalue weighted by Crippen LogP contribution is 2.21. The van der Waals surface area contributed by atoms with Gasteiger partial charge in [0.15, 0.2) is 0 Å². The first-order valence-electron chi connectivity index (χ1n) is 6.43. The summed E-state index contributed by atoms with van der Waals surface area (Å²) in [5.74, 6) is -1.31. The van der Waals surface area contributed by atoms with Crippen molar-refractivity contribution in [3.05, 3.63) is 64.9 Å². The van der Waals surface area contributed by atoms with Gasteiger partial charge in [0.25, 0.3) is 0 Å². The quantitative estimate of drug-likeness (QED) is 0.853. The van der Waals surface area contributed by atoms with Gasteiger partial charge in [-0.05, 0) is 23.8 Å². The summed E-state index contributed by atoms with van der Waals surface area (Å²) < 4.78 is 18.2. The van der Waals surface area contributed by atoms with Gasteiger partial charge >= 0.3 is 5.97 Å². The van der Waals surface area contributed by atoms with Crippen molar-refractivity contribution in [2.75, 3.05) is 19.0 Å². The van der Waals surface area contributed by atoms with Gasteiger partial charge < -0.3 is 10.1 Å². The number of carbonyl (C=O) groups is 1. The Morgan fingerprint density at radius 1 is 1.29 bits per heavy atom. The van der Waals surface area contributed by atoms with Crippen molar-refractivity contribution in [1.82, 2.24) is 0 Å². The lowest BCUT2D eigenvalue weighted by Gasteiger charge is -2.16. The van der Waals surface area contributed by atoms with Gasteiger partial charge in [0.1, 0.15) is 5.82 Å². The lowest BCUT2D eigenvalue weighted by Crippen LogP contribution is -2.22. The van der Waals surface area contributed by atoms with Crippen LogP contribution in [0.1, 0.15) is 11.5 Å². The van der Waals surface area contributed by atoms with Crippen LogP contribution in [0.25, 0.3) is 0 Å². The van der Waals surface area contributed by atoms with Crippen LogP contribution in [0, 0.1) is 5.82 Å². The van der Waals surface area contributed by atoms with E-state index in [1.165, 1.54) is 19.2 Å². The molecule has 21 heavy (non-hydrogen) atoms. The summed E-state index contributed by atoms with van der Waals surface area (Å²) in [5.41, 5.74) is 1.40.